The Bertz CT molecular complexity index is 570. The molecule has 2 rings (SSSR count). The quantitative estimate of drug-likeness (QED) is 0.660. The van der Waals surface area contributed by atoms with Crippen molar-refractivity contribution in [2.45, 2.75) is 13.3 Å². The van der Waals surface area contributed by atoms with E-state index < -0.39 is 0 Å². The van der Waals surface area contributed by atoms with Gasteiger partial charge in [0.1, 0.15) is 0 Å². The highest BCUT2D eigenvalue weighted by molar-refractivity contribution is 5.59. The second-order valence-corrected chi connectivity index (χ2v) is 4.24. The third kappa shape index (κ3) is 3.28. The van der Waals surface area contributed by atoms with Crippen molar-refractivity contribution in [3.63, 3.8) is 0 Å². The summed E-state index contributed by atoms with van der Waals surface area (Å²) in [5, 5.41) is 14.1. The van der Waals surface area contributed by atoms with Crippen LogP contribution in [0.4, 0.5) is 11.4 Å². The van der Waals surface area contributed by atoms with Gasteiger partial charge in [0, 0.05) is 36.3 Å². The van der Waals surface area contributed by atoms with Crippen LogP contribution in [-0.2, 0) is 6.42 Å². The van der Waals surface area contributed by atoms with Crippen molar-refractivity contribution in [3.8, 4) is 0 Å². The van der Waals surface area contributed by atoms with Crippen molar-refractivity contribution in [1.29, 1.82) is 0 Å². The maximum Gasteiger partial charge on any atom is 0.274 e. The zero-order chi connectivity index (χ0) is 13.7. The first-order valence-electron chi connectivity index (χ1n) is 6.05. The molecule has 0 aliphatic rings. The first-order valence-corrected chi connectivity index (χ1v) is 6.05. The van der Waals surface area contributed by atoms with Crippen LogP contribution in [0.2, 0.25) is 0 Å². The molecule has 0 atom stereocenters. The summed E-state index contributed by atoms with van der Waals surface area (Å²) < 4.78 is 0. The van der Waals surface area contributed by atoms with Crippen LogP contribution in [-0.4, -0.2) is 16.5 Å². The van der Waals surface area contributed by atoms with E-state index in [4.69, 9.17) is 0 Å². The first kappa shape index (κ1) is 13.0. The van der Waals surface area contributed by atoms with E-state index in [1.807, 2.05) is 24.4 Å². The van der Waals surface area contributed by atoms with Gasteiger partial charge in [0.2, 0.25) is 0 Å². The lowest BCUT2D eigenvalue weighted by molar-refractivity contribution is -0.385. The van der Waals surface area contributed by atoms with Gasteiger partial charge in [0.05, 0.1) is 4.92 Å². The lowest BCUT2D eigenvalue weighted by Gasteiger charge is -2.09. The fraction of sp³-hybridized carbons (Fsp3) is 0.214. The van der Waals surface area contributed by atoms with Crippen molar-refractivity contribution in [2.75, 3.05) is 11.9 Å². The number of rotatable bonds is 5. The average Bonchev–Trinajstić information content (AvgIpc) is 2.41. The van der Waals surface area contributed by atoms with Gasteiger partial charge in [0.25, 0.3) is 5.69 Å². The van der Waals surface area contributed by atoms with Gasteiger partial charge in [-0.2, -0.15) is 0 Å². The van der Waals surface area contributed by atoms with Gasteiger partial charge in [0.15, 0.2) is 0 Å². The molecule has 0 saturated heterocycles. The molecule has 19 heavy (non-hydrogen) atoms. The first-order chi connectivity index (χ1) is 9.18. The molecular weight excluding hydrogens is 242 g/mol. The van der Waals surface area contributed by atoms with Gasteiger partial charge in [-0.3, -0.25) is 15.1 Å². The van der Waals surface area contributed by atoms with Gasteiger partial charge >= 0.3 is 0 Å². The SMILES string of the molecule is Cc1c(NCCc2cccnc2)cccc1[N+](=O)[O-]. The predicted molar refractivity (Wildman–Crippen MR) is 74.3 cm³/mol. The summed E-state index contributed by atoms with van der Waals surface area (Å²) in [6.07, 6.45) is 4.39. The maximum absolute atomic E-state index is 10.8. The molecule has 98 valence electrons. The van der Waals surface area contributed by atoms with Crippen molar-refractivity contribution in [3.05, 3.63) is 64.0 Å². The second kappa shape index (κ2) is 5.95. The zero-order valence-corrected chi connectivity index (χ0v) is 10.7. The zero-order valence-electron chi connectivity index (χ0n) is 10.7. The standard InChI is InChI=1S/C14H15N3O2/c1-11-13(5-2-6-14(11)17(18)19)16-9-7-12-4-3-8-15-10-12/h2-6,8,10,16H,7,9H2,1H3. The van der Waals surface area contributed by atoms with Crippen molar-refractivity contribution >= 4 is 11.4 Å². The summed E-state index contributed by atoms with van der Waals surface area (Å²) in [7, 11) is 0. The normalized spacial score (nSPS) is 10.2. The van der Waals surface area contributed by atoms with Crippen LogP contribution in [0, 0.1) is 17.0 Å². The van der Waals surface area contributed by atoms with E-state index in [1.165, 1.54) is 6.07 Å². The molecule has 1 aromatic heterocycles. The Morgan fingerprint density at radius 1 is 1.32 bits per heavy atom. The number of aromatic nitrogens is 1. The Morgan fingerprint density at radius 3 is 2.84 bits per heavy atom. The van der Waals surface area contributed by atoms with Crippen molar-refractivity contribution < 1.29 is 4.92 Å². The third-order valence-corrected chi connectivity index (χ3v) is 2.95. The average molecular weight is 257 g/mol. The number of hydrogen-bond acceptors (Lipinski definition) is 4. The molecule has 0 aliphatic heterocycles. The molecule has 0 amide bonds. The van der Waals surface area contributed by atoms with E-state index in [-0.39, 0.29) is 10.6 Å². The van der Waals surface area contributed by atoms with E-state index in [0.717, 1.165) is 17.7 Å². The monoisotopic (exact) mass is 257 g/mol. The number of nitro groups is 1. The van der Waals surface area contributed by atoms with E-state index in [2.05, 4.69) is 10.3 Å². The summed E-state index contributed by atoms with van der Waals surface area (Å²) in [4.78, 5) is 14.5. The highest BCUT2D eigenvalue weighted by Crippen LogP contribution is 2.24. The molecule has 1 aromatic carbocycles. The number of nitrogens with one attached hydrogen (secondary N) is 1. The number of benzene rings is 1. The van der Waals surface area contributed by atoms with Gasteiger partial charge in [-0.15, -0.1) is 0 Å². The number of nitro benzene ring substituents is 1. The summed E-state index contributed by atoms with van der Waals surface area (Å²) in [6.45, 7) is 2.47. The molecule has 0 saturated carbocycles. The van der Waals surface area contributed by atoms with Crippen LogP contribution in [0.15, 0.2) is 42.7 Å². The van der Waals surface area contributed by atoms with E-state index in [1.54, 1.807) is 19.2 Å². The molecule has 0 bridgehead atoms. The minimum absolute atomic E-state index is 0.145. The van der Waals surface area contributed by atoms with Crippen LogP contribution in [0.3, 0.4) is 0 Å². The Kier molecular flexibility index (Phi) is 4.07. The lowest BCUT2D eigenvalue weighted by Crippen LogP contribution is -2.07. The predicted octanol–water partition coefficient (Wildman–Crippen LogP) is 2.95. The highest BCUT2D eigenvalue weighted by Gasteiger charge is 2.12. The fourth-order valence-corrected chi connectivity index (χ4v) is 1.90. The Balaban J connectivity index is 2.00. The molecule has 0 radical (unpaired) electrons. The summed E-state index contributed by atoms with van der Waals surface area (Å²) >= 11 is 0. The largest absolute Gasteiger partial charge is 0.384 e. The van der Waals surface area contributed by atoms with Gasteiger partial charge < -0.3 is 5.32 Å². The molecule has 0 spiro atoms. The smallest absolute Gasteiger partial charge is 0.274 e. The van der Waals surface area contributed by atoms with Crippen LogP contribution in [0.1, 0.15) is 11.1 Å². The fourth-order valence-electron chi connectivity index (χ4n) is 1.90. The number of anilines is 1. The number of nitrogens with zero attached hydrogens (tertiary/aromatic N) is 2. The Hall–Kier alpha value is -2.43. The number of hydrogen-bond donors (Lipinski definition) is 1. The summed E-state index contributed by atoms with van der Waals surface area (Å²) in [6, 6.07) is 8.97. The highest BCUT2D eigenvalue weighted by atomic mass is 16.6. The summed E-state index contributed by atoms with van der Waals surface area (Å²) in [5.41, 5.74) is 2.75. The topological polar surface area (TPSA) is 68.1 Å². The third-order valence-electron chi connectivity index (χ3n) is 2.95. The lowest BCUT2D eigenvalue weighted by atomic mass is 10.1. The van der Waals surface area contributed by atoms with Crippen LogP contribution in [0.5, 0.6) is 0 Å². The second-order valence-electron chi connectivity index (χ2n) is 4.24. The van der Waals surface area contributed by atoms with E-state index in [9.17, 15) is 10.1 Å². The van der Waals surface area contributed by atoms with Gasteiger partial charge in [-0.25, -0.2) is 0 Å². The van der Waals surface area contributed by atoms with Crippen molar-refractivity contribution in [1.82, 2.24) is 4.98 Å². The molecular formula is C14H15N3O2. The minimum atomic E-state index is -0.359. The molecule has 5 heteroatoms. The number of pyridine rings is 1. The van der Waals surface area contributed by atoms with Gasteiger partial charge in [-0.05, 0) is 31.0 Å². The van der Waals surface area contributed by atoms with Crippen LogP contribution in [0.25, 0.3) is 0 Å². The van der Waals surface area contributed by atoms with E-state index >= 15 is 0 Å². The Morgan fingerprint density at radius 2 is 2.16 bits per heavy atom. The Labute approximate surface area is 111 Å². The van der Waals surface area contributed by atoms with Crippen molar-refractivity contribution in [2.24, 2.45) is 0 Å². The van der Waals surface area contributed by atoms with Crippen LogP contribution >= 0.6 is 0 Å². The molecule has 0 unspecified atom stereocenters. The van der Waals surface area contributed by atoms with Crippen LogP contribution < -0.4 is 5.32 Å². The van der Waals surface area contributed by atoms with Gasteiger partial charge in [-0.1, -0.05) is 12.1 Å². The molecule has 0 aliphatic carbocycles. The molecule has 0 fully saturated rings. The molecule has 5 nitrogen and oxygen atoms in total. The minimum Gasteiger partial charge on any atom is -0.384 e. The maximum atomic E-state index is 10.8. The molecule has 2 aromatic rings. The molecule has 1 N–H and O–H groups in total. The molecule has 1 heterocycles. The van der Waals surface area contributed by atoms with E-state index in [0.29, 0.717) is 12.1 Å². The summed E-state index contributed by atoms with van der Waals surface area (Å²) in [5.74, 6) is 0.